The number of ether oxygens (including phenoxy) is 1. The van der Waals surface area contributed by atoms with E-state index >= 15 is 0 Å². The largest absolute Gasteiger partial charge is 0.444 e. The highest BCUT2D eigenvalue weighted by atomic mass is 19.1. The lowest BCUT2D eigenvalue weighted by Crippen LogP contribution is -2.48. The number of nitrogens with zero attached hydrogens (tertiary/aromatic N) is 2. The number of nitrogens with one attached hydrogen (secondary N) is 4. The molecule has 0 fully saturated rings. The maximum absolute atomic E-state index is 14.5. The van der Waals surface area contributed by atoms with Gasteiger partial charge in [0.2, 0.25) is 11.9 Å². The van der Waals surface area contributed by atoms with Crippen molar-refractivity contribution < 1.29 is 23.5 Å². The Bertz CT molecular complexity index is 1370. The van der Waals surface area contributed by atoms with E-state index < -0.39 is 28.8 Å². The van der Waals surface area contributed by atoms with Gasteiger partial charge < -0.3 is 15.4 Å². The highest BCUT2D eigenvalue weighted by Crippen LogP contribution is 2.33. The molecule has 0 radical (unpaired) electrons. The van der Waals surface area contributed by atoms with E-state index in [1.807, 2.05) is 12.2 Å². The molecule has 2 heterocycles. The van der Waals surface area contributed by atoms with Crippen LogP contribution in [0.3, 0.4) is 0 Å². The molecule has 11 heteroatoms. The smallest absolute Gasteiger partial charge is 0.411 e. The molecule has 3 amide bonds. The number of fused-ring (bicyclic) bond motifs is 1. The Balaban J connectivity index is 1.43. The summed E-state index contributed by atoms with van der Waals surface area (Å²) in [4.78, 5) is 44.6. The van der Waals surface area contributed by atoms with E-state index in [0.717, 1.165) is 11.8 Å². The van der Waals surface area contributed by atoms with E-state index in [4.69, 9.17) is 4.74 Å². The predicted octanol–water partition coefficient (Wildman–Crippen LogP) is 4.22. The first kappa shape index (κ1) is 26.5. The molecule has 0 atom stereocenters. The average molecular weight is 521 g/mol. The van der Waals surface area contributed by atoms with Crippen LogP contribution in [-0.2, 0) is 14.9 Å². The van der Waals surface area contributed by atoms with Crippen molar-refractivity contribution in [1.29, 1.82) is 0 Å². The van der Waals surface area contributed by atoms with Crippen molar-refractivity contribution in [1.82, 2.24) is 20.6 Å². The lowest BCUT2D eigenvalue weighted by Gasteiger charge is -2.30. The van der Waals surface area contributed by atoms with Crippen LogP contribution in [0.15, 0.2) is 60.5 Å². The molecule has 1 aromatic heterocycles. The van der Waals surface area contributed by atoms with Crippen LogP contribution < -0.4 is 21.3 Å². The van der Waals surface area contributed by atoms with E-state index in [1.165, 1.54) is 6.20 Å². The minimum absolute atomic E-state index is 0.0834. The Kier molecular flexibility index (Phi) is 7.03. The molecule has 2 aromatic rings. The number of halogens is 1. The third-order valence-corrected chi connectivity index (χ3v) is 5.78. The molecule has 1 aromatic carbocycles. The number of benzene rings is 1. The molecule has 198 valence electrons. The summed E-state index contributed by atoms with van der Waals surface area (Å²) in [5.74, 6) is -1.47. The zero-order valence-electron chi connectivity index (χ0n) is 21.7. The minimum atomic E-state index is -0.874. The summed E-state index contributed by atoms with van der Waals surface area (Å²) in [6, 6.07) is 4.61. The van der Waals surface area contributed by atoms with Crippen LogP contribution in [0.5, 0.6) is 0 Å². The number of rotatable bonds is 5. The third-order valence-electron chi connectivity index (χ3n) is 5.78. The van der Waals surface area contributed by atoms with Crippen LogP contribution >= 0.6 is 0 Å². The van der Waals surface area contributed by atoms with Crippen LogP contribution in [-0.4, -0.2) is 39.5 Å². The van der Waals surface area contributed by atoms with Gasteiger partial charge in [-0.05, 0) is 57.9 Å². The molecule has 4 N–H and O–H groups in total. The summed E-state index contributed by atoms with van der Waals surface area (Å²) in [5, 5.41) is 10.9. The van der Waals surface area contributed by atoms with E-state index in [2.05, 4.69) is 31.2 Å². The fourth-order valence-electron chi connectivity index (χ4n) is 3.81. The standard InChI is InChI=1S/C27H29FN6O4/c1-26(2,3)38-25(37)30-13-15-6-8-16(9-7-15)32-24-29-14-20(28)21(33-24)31-17-10-11-19-18(12-17)22(35)34-23(36)27(19,4)5/h6-14,16H,1-5H3,(H,30,37)(H,34,35,36)(H2,29,31,32,33). The Morgan fingerprint density at radius 1 is 1.18 bits per heavy atom. The average Bonchev–Trinajstić information content (AvgIpc) is 2.83. The first-order valence-corrected chi connectivity index (χ1v) is 11.9. The van der Waals surface area contributed by atoms with E-state index in [9.17, 15) is 18.8 Å². The first-order valence-electron chi connectivity index (χ1n) is 11.9. The van der Waals surface area contributed by atoms with Gasteiger partial charge in [-0.3, -0.25) is 20.2 Å². The number of carbonyl (C=O) groups is 3. The third kappa shape index (κ3) is 6.05. The second-order valence-corrected chi connectivity index (χ2v) is 10.4. The van der Waals surface area contributed by atoms with Crippen molar-refractivity contribution in [3.63, 3.8) is 0 Å². The fraction of sp³-hybridized carbons (Fsp3) is 0.296. The van der Waals surface area contributed by atoms with Gasteiger partial charge in [0.25, 0.3) is 5.91 Å². The summed E-state index contributed by atoms with van der Waals surface area (Å²) in [5.41, 5.74) is 0.628. The van der Waals surface area contributed by atoms with Gasteiger partial charge in [0.1, 0.15) is 5.60 Å². The van der Waals surface area contributed by atoms with Crippen LogP contribution in [0.4, 0.5) is 26.6 Å². The number of alkyl carbamates (subject to hydrolysis) is 1. The predicted molar refractivity (Wildman–Crippen MR) is 140 cm³/mol. The summed E-state index contributed by atoms with van der Waals surface area (Å²) in [6.07, 6.45) is 9.26. The molecule has 0 spiro atoms. The number of hydrogen-bond donors (Lipinski definition) is 4. The van der Waals surface area contributed by atoms with Gasteiger partial charge >= 0.3 is 6.09 Å². The SMILES string of the molecule is CC(C)(C)OC(=O)NC=C1C=CC(Nc2ncc(F)c(Nc3ccc4c(c3)C(=O)NC(=O)C4(C)C)n2)C=C1. The van der Waals surface area contributed by atoms with Gasteiger partial charge in [-0.1, -0.05) is 30.4 Å². The maximum atomic E-state index is 14.5. The van der Waals surface area contributed by atoms with E-state index in [-0.39, 0.29) is 23.7 Å². The molecule has 0 unspecified atom stereocenters. The lowest BCUT2D eigenvalue weighted by atomic mass is 9.78. The number of aromatic nitrogens is 2. The molecular formula is C27H29FN6O4. The monoisotopic (exact) mass is 520 g/mol. The molecule has 0 saturated carbocycles. The zero-order valence-corrected chi connectivity index (χ0v) is 21.7. The molecule has 10 nitrogen and oxygen atoms in total. The summed E-state index contributed by atoms with van der Waals surface area (Å²) >= 11 is 0. The van der Waals surface area contributed by atoms with Gasteiger partial charge in [-0.15, -0.1) is 0 Å². The highest BCUT2D eigenvalue weighted by molar-refractivity contribution is 6.13. The van der Waals surface area contributed by atoms with Gasteiger partial charge in [-0.25, -0.2) is 14.2 Å². The molecule has 0 saturated heterocycles. The van der Waals surface area contributed by atoms with E-state index in [1.54, 1.807) is 65.0 Å². The number of amides is 3. The van der Waals surface area contributed by atoms with Crippen molar-refractivity contribution in [2.24, 2.45) is 0 Å². The lowest BCUT2D eigenvalue weighted by molar-refractivity contribution is -0.125. The second kappa shape index (κ2) is 10.1. The number of imide groups is 1. The normalized spacial score (nSPS) is 17.8. The Morgan fingerprint density at radius 2 is 1.89 bits per heavy atom. The van der Waals surface area contributed by atoms with Gasteiger partial charge in [-0.2, -0.15) is 4.98 Å². The van der Waals surface area contributed by atoms with Gasteiger partial charge in [0.15, 0.2) is 11.6 Å². The molecule has 2 aliphatic rings. The zero-order chi connectivity index (χ0) is 27.7. The Labute approximate surface area is 219 Å². The molecular weight excluding hydrogens is 491 g/mol. The number of anilines is 3. The Morgan fingerprint density at radius 3 is 2.58 bits per heavy atom. The number of hydrogen-bond acceptors (Lipinski definition) is 8. The molecule has 1 aliphatic heterocycles. The van der Waals surface area contributed by atoms with Crippen LogP contribution in [0.2, 0.25) is 0 Å². The quantitative estimate of drug-likeness (QED) is 0.431. The van der Waals surface area contributed by atoms with Crippen molar-refractivity contribution in [2.45, 2.75) is 51.7 Å². The number of carbonyl (C=O) groups excluding carboxylic acids is 3. The van der Waals surface area contributed by atoms with Crippen LogP contribution in [0, 0.1) is 5.82 Å². The summed E-state index contributed by atoms with van der Waals surface area (Å²) in [7, 11) is 0. The summed E-state index contributed by atoms with van der Waals surface area (Å²) < 4.78 is 19.7. The van der Waals surface area contributed by atoms with Crippen LogP contribution in [0.1, 0.15) is 50.5 Å². The molecule has 38 heavy (non-hydrogen) atoms. The molecule has 4 rings (SSSR count). The maximum Gasteiger partial charge on any atom is 0.411 e. The highest BCUT2D eigenvalue weighted by Gasteiger charge is 2.39. The molecule has 1 aliphatic carbocycles. The van der Waals surface area contributed by atoms with Crippen molar-refractivity contribution in [2.75, 3.05) is 10.6 Å². The Hall–Kier alpha value is -4.54. The van der Waals surface area contributed by atoms with Crippen molar-refractivity contribution in [3.05, 3.63) is 77.4 Å². The topological polar surface area (TPSA) is 134 Å². The second-order valence-electron chi connectivity index (χ2n) is 10.4. The fourth-order valence-corrected chi connectivity index (χ4v) is 3.81. The number of allylic oxidation sites excluding steroid dienone is 3. The van der Waals surface area contributed by atoms with Crippen molar-refractivity contribution >= 4 is 35.4 Å². The molecule has 0 bridgehead atoms. The van der Waals surface area contributed by atoms with Gasteiger partial charge in [0, 0.05) is 17.5 Å². The minimum Gasteiger partial charge on any atom is -0.444 e. The van der Waals surface area contributed by atoms with Crippen molar-refractivity contribution in [3.8, 4) is 0 Å². The summed E-state index contributed by atoms with van der Waals surface area (Å²) in [6.45, 7) is 8.80. The van der Waals surface area contributed by atoms with Gasteiger partial charge in [0.05, 0.1) is 17.7 Å². The van der Waals surface area contributed by atoms with Crippen LogP contribution in [0.25, 0.3) is 0 Å². The first-order chi connectivity index (χ1) is 17.8. The van der Waals surface area contributed by atoms with E-state index in [0.29, 0.717) is 16.8 Å².